The van der Waals surface area contributed by atoms with Crippen LogP contribution in [-0.2, 0) is 6.18 Å². The monoisotopic (exact) mass is 289 g/mol. The second-order valence-corrected chi connectivity index (χ2v) is 4.83. The van der Waals surface area contributed by atoms with Crippen molar-refractivity contribution in [3.8, 4) is 0 Å². The summed E-state index contributed by atoms with van der Waals surface area (Å²) in [4.78, 5) is 11.6. The normalized spacial score (nSPS) is 17.9. The Labute approximate surface area is 115 Å². The second-order valence-electron chi connectivity index (χ2n) is 4.83. The van der Waals surface area contributed by atoms with Crippen molar-refractivity contribution in [2.45, 2.75) is 12.6 Å². The van der Waals surface area contributed by atoms with Crippen molar-refractivity contribution in [1.82, 2.24) is 14.9 Å². The molecule has 0 bridgehead atoms. The van der Waals surface area contributed by atoms with Gasteiger partial charge in [-0.2, -0.15) is 18.2 Å². The first-order valence-corrected chi connectivity index (χ1v) is 6.47. The first-order valence-electron chi connectivity index (χ1n) is 6.47. The van der Waals surface area contributed by atoms with E-state index in [1.54, 1.807) is 0 Å². The Morgan fingerprint density at radius 1 is 1.15 bits per heavy atom. The van der Waals surface area contributed by atoms with Gasteiger partial charge in [0.05, 0.1) is 0 Å². The Kier molecular flexibility index (Phi) is 4.32. The molecule has 0 unspecified atom stereocenters. The minimum absolute atomic E-state index is 0.00701. The molecule has 8 heteroatoms. The molecule has 2 rings (SSSR count). The molecule has 0 atom stereocenters. The van der Waals surface area contributed by atoms with Crippen LogP contribution >= 0.6 is 0 Å². The molecule has 1 aliphatic heterocycles. The average Bonchev–Trinajstić information content (AvgIpc) is 2.62. The fraction of sp³-hybridized carbons (Fsp3) is 0.667. The molecular weight excluding hydrogens is 271 g/mol. The fourth-order valence-corrected chi connectivity index (χ4v) is 2.13. The largest absolute Gasteiger partial charge is 0.433 e. The maximum Gasteiger partial charge on any atom is 0.433 e. The molecule has 0 radical (unpaired) electrons. The van der Waals surface area contributed by atoms with Gasteiger partial charge in [-0.3, -0.25) is 0 Å². The molecule has 5 nitrogen and oxygen atoms in total. The van der Waals surface area contributed by atoms with Gasteiger partial charge in [-0.25, -0.2) is 4.98 Å². The number of rotatable bonds is 2. The number of nitrogens with one attached hydrogen (secondary N) is 1. The number of halogens is 3. The molecule has 0 saturated carbocycles. The van der Waals surface area contributed by atoms with Crippen LogP contribution in [0.1, 0.15) is 12.1 Å². The topological polar surface area (TPSA) is 44.3 Å². The van der Waals surface area contributed by atoms with E-state index in [9.17, 15) is 13.2 Å². The van der Waals surface area contributed by atoms with E-state index < -0.39 is 11.9 Å². The predicted octanol–water partition coefficient (Wildman–Crippen LogP) is 1.68. The summed E-state index contributed by atoms with van der Waals surface area (Å²) in [7, 11) is 3.51. The molecule has 2 heterocycles. The summed E-state index contributed by atoms with van der Waals surface area (Å²) in [5.41, 5.74) is -0.913. The van der Waals surface area contributed by atoms with Crippen LogP contribution in [0.2, 0.25) is 0 Å². The molecular formula is C12H18F3N5. The highest BCUT2D eigenvalue weighted by Gasteiger charge is 2.34. The van der Waals surface area contributed by atoms with Crippen LogP contribution in [-0.4, -0.2) is 55.1 Å². The van der Waals surface area contributed by atoms with Crippen molar-refractivity contribution in [2.24, 2.45) is 0 Å². The highest BCUT2D eigenvalue weighted by Crippen LogP contribution is 2.30. The Bertz CT molecular complexity index is 463. The smallest absolute Gasteiger partial charge is 0.357 e. The minimum atomic E-state index is -4.47. The number of alkyl halides is 3. The van der Waals surface area contributed by atoms with Gasteiger partial charge < -0.3 is 15.1 Å². The van der Waals surface area contributed by atoms with Crippen molar-refractivity contribution in [3.05, 3.63) is 11.8 Å². The SMILES string of the molecule is CNc1nc(N2CCCN(C)CC2)cc(C(F)(F)F)n1. The van der Waals surface area contributed by atoms with Crippen LogP contribution in [0.15, 0.2) is 6.07 Å². The number of hydrogen-bond acceptors (Lipinski definition) is 5. The summed E-state index contributed by atoms with van der Waals surface area (Å²) < 4.78 is 38.5. The summed E-state index contributed by atoms with van der Waals surface area (Å²) >= 11 is 0. The Balaban J connectivity index is 2.30. The Morgan fingerprint density at radius 3 is 2.55 bits per heavy atom. The van der Waals surface area contributed by atoms with Crippen molar-refractivity contribution in [1.29, 1.82) is 0 Å². The van der Waals surface area contributed by atoms with E-state index in [0.717, 1.165) is 25.6 Å². The van der Waals surface area contributed by atoms with E-state index in [-0.39, 0.29) is 5.95 Å². The zero-order valence-corrected chi connectivity index (χ0v) is 11.5. The van der Waals surface area contributed by atoms with E-state index in [1.165, 1.54) is 7.05 Å². The molecule has 112 valence electrons. The molecule has 1 saturated heterocycles. The van der Waals surface area contributed by atoms with Gasteiger partial charge in [0.2, 0.25) is 5.95 Å². The van der Waals surface area contributed by atoms with Gasteiger partial charge in [-0.05, 0) is 20.0 Å². The lowest BCUT2D eigenvalue weighted by Gasteiger charge is -2.22. The molecule has 1 fully saturated rings. The molecule has 1 aliphatic rings. The maximum absolute atomic E-state index is 12.8. The van der Waals surface area contributed by atoms with Crippen LogP contribution in [0.4, 0.5) is 24.9 Å². The molecule has 0 spiro atoms. The highest BCUT2D eigenvalue weighted by atomic mass is 19.4. The van der Waals surface area contributed by atoms with Gasteiger partial charge in [0.1, 0.15) is 5.82 Å². The second kappa shape index (κ2) is 5.82. The van der Waals surface area contributed by atoms with E-state index in [0.29, 0.717) is 18.9 Å². The molecule has 0 amide bonds. The number of likely N-dealkylation sites (N-methyl/N-ethyl adjacent to an activating group) is 1. The van der Waals surface area contributed by atoms with Gasteiger partial charge in [0, 0.05) is 32.7 Å². The number of anilines is 2. The highest BCUT2D eigenvalue weighted by molar-refractivity contribution is 5.45. The van der Waals surface area contributed by atoms with Gasteiger partial charge >= 0.3 is 6.18 Å². The van der Waals surface area contributed by atoms with Crippen molar-refractivity contribution in [2.75, 3.05) is 50.5 Å². The summed E-state index contributed by atoms with van der Waals surface area (Å²) in [6, 6.07) is 1.02. The first kappa shape index (κ1) is 14.8. The summed E-state index contributed by atoms with van der Waals surface area (Å²) in [6.07, 6.45) is -3.57. The minimum Gasteiger partial charge on any atom is -0.357 e. The first-order chi connectivity index (χ1) is 9.40. The van der Waals surface area contributed by atoms with E-state index in [1.807, 2.05) is 11.9 Å². The van der Waals surface area contributed by atoms with Gasteiger partial charge in [-0.1, -0.05) is 0 Å². The van der Waals surface area contributed by atoms with Crippen molar-refractivity contribution >= 4 is 11.8 Å². The number of aromatic nitrogens is 2. The Morgan fingerprint density at radius 2 is 1.90 bits per heavy atom. The summed E-state index contributed by atoms with van der Waals surface area (Å²) in [5.74, 6) is 0.319. The zero-order chi connectivity index (χ0) is 14.8. The molecule has 0 aromatic carbocycles. The maximum atomic E-state index is 12.8. The molecule has 1 N–H and O–H groups in total. The standard InChI is InChI=1S/C12H18F3N5/c1-16-11-17-9(12(13,14)15)8-10(18-11)20-5-3-4-19(2)6-7-20/h8H,3-7H2,1-2H3,(H,16,17,18). The zero-order valence-electron chi connectivity index (χ0n) is 11.5. The third kappa shape index (κ3) is 3.50. The van der Waals surface area contributed by atoms with Crippen LogP contribution in [0.3, 0.4) is 0 Å². The average molecular weight is 289 g/mol. The predicted molar refractivity (Wildman–Crippen MR) is 70.9 cm³/mol. The third-order valence-corrected chi connectivity index (χ3v) is 3.27. The summed E-state index contributed by atoms with van der Waals surface area (Å²) in [5, 5.41) is 2.58. The van der Waals surface area contributed by atoms with Gasteiger partial charge in [0.15, 0.2) is 5.69 Å². The van der Waals surface area contributed by atoms with Gasteiger partial charge in [0.25, 0.3) is 0 Å². The van der Waals surface area contributed by atoms with Crippen LogP contribution in [0.25, 0.3) is 0 Å². The Hall–Kier alpha value is -1.57. The number of nitrogens with zero attached hydrogens (tertiary/aromatic N) is 4. The lowest BCUT2D eigenvalue weighted by Crippen LogP contribution is -2.30. The molecule has 0 aliphatic carbocycles. The fourth-order valence-electron chi connectivity index (χ4n) is 2.13. The molecule has 20 heavy (non-hydrogen) atoms. The lowest BCUT2D eigenvalue weighted by molar-refractivity contribution is -0.141. The van der Waals surface area contributed by atoms with Gasteiger partial charge in [-0.15, -0.1) is 0 Å². The van der Waals surface area contributed by atoms with E-state index in [2.05, 4.69) is 20.2 Å². The number of hydrogen-bond donors (Lipinski definition) is 1. The summed E-state index contributed by atoms with van der Waals surface area (Å²) in [6.45, 7) is 3.10. The third-order valence-electron chi connectivity index (χ3n) is 3.27. The van der Waals surface area contributed by atoms with Crippen molar-refractivity contribution in [3.63, 3.8) is 0 Å². The van der Waals surface area contributed by atoms with Crippen LogP contribution in [0, 0.1) is 0 Å². The lowest BCUT2D eigenvalue weighted by atomic mass is 10.3. The van der Waals surface area contributed by atoms with E-state index >= 15 is 0 Å². The van der Waals surface area contributed by atoms with Crippen molar-refractivity contribution < 1.29 is 13.2 Å². The molecule has 1 aromatic heterocycles. The van der Waals surface area contributed by atoms with E-state index in [4.69, 9.17) is 0 Å². The quantitative estimate of drug-likeness (QED) is 0.897. The van der Waals surface area contributed by atoms with Crippen LogP contribution in [0.5, 0.6) is 0 Å². The van der Waals surface area contributed by atoms with Crippen LogP contribution < -0.4 is 10.2 Å². The molecule has 1 aromatic rings.